The molecule has 0 radical (unpaired) electrons. The van der Waals surface area contributed by atoms with Crippen molar-refractivity contribution in [3.8, 4) is 0 Å². The predicted octanol–water partition coefficient (Wildman–Crippen LogP) is 2.31. The number of rotatable bonds is 6. The number of likely N-dealkylation sites (tertiary alicyclic amines) is 1. The first-order valence-electron chi connectivity index (χ1n) is 9.32. The molecule has 1 aliphatic rings. The van der Waals surface area contributed by atoms with Crippen LogP contribution in [0.4, 0.5) is 0 Å². The molecule has 1 fully saturated rings. The standard InChI is InChI=1S/C20H27N3O4/c1-5-21-20(25)18-9-15(10-23(18)11-16-7-6-12(2)27-16)22-19(24)17-8-13(3)26-14(17)4/h6-8,15,18H,5,9-11H2,1-4H3,(H,21,25)(H,22,24)/t15-,18+/m1/s1. The van der Waals surface area contributed by atoms with Crippen molar-refractivity contribution in [1.82, 2.24) is 15.5 Å². The largest absolute Gasteiger partial charge is 0.466 e. The highest BCUT2D eigenvalue weighted by molar-refractivity contribution is 5.95. The molecule has 0 unspecified atom stereocenters. The zero-order valence-corrected chi connectivity index (χ0v) is 16.3. The molecule has 2 atom stereocenters. The Morgan fingerprint density at radius 2 is 1.96 bits per heavy atom. The fourth-order valence-corrected chi connectivity index (χ4v) is 3.64. The Balaban J connectivity index is 1.70. The second-order valence-electron chi connectivity index (χ2n) is 7.09. The lowest BCUT2D eigenvalue weighted by Crippen LogP contribution is -2.42. The first-order chi connectivity index (χ1) is 12.9. The Labute approximate surface area is 159 Å². The topological polar surface area (TPSA) is 87.7 Å². The van der Waals surface area contributed by atoms with Crippen molar-refractivity contribution < 1.29 is 18.4 Å². The van der Waals surface area contributed by atoms with Gasteiger partial charge in [0.2, 0.25) is 5.91 Å². The van der Waals surface area contributed by atoms with Crippen molar-refractivity contribution in [1.29, 1.82) is 0 Å². The summed E-state index contributed by atoms with van der Waals surface area (Å²) in [5, 5.41) is 5.93. The molecule has 2 aromatic heterocycles. The third kappa shape index (κ3) is 4.42. The monoisotopic (exact) mass is 373 g/mol. The van der Waals surface area contributed by atoms with Gasteiger partial charge in [0.05, 0.1) is 18.2 Å². The highest BCUT2D eigenvalue weighted by Crippen LogP contribution is 2.23. The Morgan fingerprint density at radius 3 is 2.56 bits per heavy atom. The fourth-order valence-electron chi connectivity index (χ4n) is 3.64. The minimum absolute atomic E-state index is 0.0205. The van der Waals surface area contributed by atoms with Gasteiger partial charge in [-0.2, -0.15) is 0 Å². The Morgan fingerprint density at radius 1 is 1.19 bits per heavy atom. The Hall–Kier alpha value is -2.54. The number of nitrogens with zero attached hydrogens (tertiary/aromatic N) is 1. The molecular weight excluding hydrogens is 346 g/mol. The van der Waals surface area contributed by atoms with Crippen molar-refractivity contribution >= 4 is 11.8 Å². The third-order valence-electron chi connectivity index (χ3n) is 4.83. The molecule has 0 spiro atoms. The third-order valence-corrected chi connectivity index (χ3v) is 4.83. The van der Waals surface area contributed by atoms with E-state index < -0.39 is 0 Å². The first-order valence-corrected chi connectivity index (χ1v) is 9.32. The van der Waals surface area contributed by atoms with E-state index in [1.807, 2.05) is 32.9 Å². The van der Waals surface area contributed by atoms with Gasteiger partial charge in [-0.3, -0.25) is 14.5 Å². The van der Waals surface area contributed by atoms with Gasteiger partial charge in [-0.15, -0.1) is 0 Å². The van der Waals surface area contributed by atoms with E-state index in [1.165, 1.54) is 0 Å². The molecule has 2 amide bonds. The second-order valence-corrected chi connectivity index (χ2v) is 7.09. The zero-order valence-electron chi connectivity index (χ0n) is 16.3. The summed E-state index contributed by atoms with van der Waals surface area (Å²) < 4.78 is 11.1. The molecule has 0 bridgehead atoms. The van der Waals surface area contributed by atoms with Crippen LogP contribution in [-0.4, -0.2) is 41.9 Å². The van der Waals surface area contributed by atoms with Gasteiger partial charge in [0, 0.05) is 19.1 Å². The van der Waals surface area contributed by atoms with E-state index in [0.29, 0.717) is 43.1 Å². The van der Waals surface area contributed by atoms with Crippen LogP contribution in [0.5, 0.6) is 0 Å². The van der Waals surface area contributed by atoms with Crippen LogP contribution < -0.4 is 10.6 Å². The first kappa shape index (κ1) is 19.2. The lowest BCUT2D eigenvalue weighted by atomic mass is 10.1. The van der Waals surface area contributed by atoms with Gasteiger partial charge < -0.3 is 19.5 Å². The van der Waals surface area contributed by atoms with E-state index in [2.05, 4.69) is 15.5 Å². The number of likely N-dealkylation sites (N-methyl/N-ethyl adjacent to an activating group) is 1. The van der Waals surface area contributed by atoms with Gasteiger partial charge in [-0.05, 0) is 52.3 Å². The normalized spacial score (nSPS) is 20.0. The Kier molecular flexibility index (Phi) is 5.70. The summed E-state index contributed by atoms with van der Waals surface area (Å²) >= 11 is 0. The van der Waals surface area contributed by atoms with Crippen LogP contribution in [0.1, 0.15) is 46.7 Å². The molecule has 0 aliphatic carbocycles. The summed E-state index contributed by atoms with van der Waals surface area (Å²) in [5.41, 5.74) is 0.544. The van der Waals surface area contributed by atoms with E-state index in [9.17, 15) is 9.59 Å². The van der Waals surface area contributed by atoms with Crippen LogP contribution in [-0.2, 0) is 11.3 Å². The van der Waals surface area contributed by atoms with Gasteiger partial charge in [-0.25, -0.2) is 0 Å². The highest BCUT2D eigenvalue weighted by Gasteiger charge is 2.38. The number of hydrogen-bond acceptors (Lipinski definition) is 5. The summed E-state index contributed by atoms with van der Waals surface area (Å²) in [7, 11) is 0. The predicted molar refractivity (Wildman–Crippen MR) is 100 cm³/mol. The molecule has 0 aromatic carbocycles. The maximum absolute atomic E-state index is 12.6. The number of aryl methyl sites for hydroxylation is 3. The number of carbonyl (C=O) groups is 2. The minimum Gasteiger partial charge on any atom is -0.466 e. The molecule has 2 aromatic rings. The van der Waals surface area contributed by atoms with Crippen LogP contribution >= 0.6 is 0 Å². The van der Waals surface area contributed by atoms with Crippen LogP contribution in [0.15, 0.2) is 27.0 Å². The summed E-state index contributed by atoms with van der Waals surface area (Å²) in [6, 6.07) is 5.16. The van der Waals surface area contributed by atoms with E-state index in [0.717, 1.165) is 11.5 Å². The second kappa shape index (κ2) is 8.00. The number of hydrogen-bond donors (Lipinski definition) is 2. The van der Waals surface area contributed by atoms with Crippen molar-refractivity contribution in [2.24, 2.45) is 0 Å². The molecular formula is C20H27N3O4. The maximum Gasteiger partial charge on any atom is 0.255 e. The zero-order chi connectivity index (χ0) is 19.6. The van der Waals surface area contributed by atoms with E-state index in [-0.39, 0.29) is 23.9 Å². The average Bonchev–Trinajstić information content (AvgIpc) is 3.27. The SMILES string of the molecule is CCNC(=O)[C@@H]1C[C@@H](NC(=O)c2cc(C)oc2C)CN1Cc1ccc(C)o1. The smallest absolute Gasteiger partial charge is 0.255 e. The van der Waals surface area contributed by atoms with Crippen LogP contribution in [0.25, 0.3) is 0 Å². The number of amides is 2. The van der Waals surface area contributed by atoms with Crippen LogP contribution in [0, 0.1) is 20.8 Å². The van der Waals surface area contributed by atoms with Crippen molar-refractivity contribution in [3.05, 3.63) is 46.8 Å². The summed E-state index contributed by atoms with van der Waals surface area (Å²) in [6.07, 6.45) is 0.563. The quantitative estimate of drug-likeness (QED) is 0.811. The van der Waals surface area contributed by atoms with Gasteiger partial charge in [0.1, 0.15) is 23.0 Å². The average molecular weight is 373 g/mol. The van der Waals surface area contributed by atoms with Gasteiger partial charge >= 0.3 is 0 Å². The van der Waals surface area contributed by atoms with Crippen molar-refractivity contribution in [2.75, 3.05) is 13.1 Å². The van der Waals surface area contributed by atoms with Crippen molar-refractivity contribution in [3.63, 3.8) is 0 Å². The van der Waals surface area contributed by atoms with Crippen LogP contribution in [0.2, 0.25) is 0 Å². The Bertz CT molecular complexity index is 823. The highest BCUT2D eigenvalue weighted by atomic mass is 16.3. The maximum atomic E-state index is 12.6. The number of furan rings is 2. The van der Waals surface area contributed by atoms with Crippen LogP contribution in [0.3, 0.4) is 0 Å². The molecule has 0 saturated carbocycles. The lowest BCUT2D eigenvalue weighted by molar-refractivity contribution is -0.125. The minimum atomic E-state index is -0.298. The summed E-state index contributed by atoms with van der Waals surface area (Å²) in [5.74, 6) is 2.78. The molecule has 1 aliphatic heterocycles. The number of carbonyl (C=O) groups excluding carboxylic acids is 2. The molecule has 3 heterocycles. The summed E-state index contributed by atoms with van der Waals surface area (Å²) in [4.78, 5) is 27.2. The van der Waals surface area contributed by atoms with Gasteiger partial charge in [0.25, 0.3) is 5.91 Å². The molecule has 7 heteroatoms. The molecule has 3 rings (SSSR count). The van der Waals surface area contributed by atoms with E-state index >= 15 is 0 Å². The molecule has 27 heavy (non-hydrogen) atoms. The van der Waals surface area contributed by atoms with E-state index in [4.69, 9.17) is 8.83 Å². The molecule has 1 saturated heterocycles. The van der Waals surface area contributed by atoms with E-state index in [1.54, 1.807) is 13.0 Å². The molecule has 2 N–H and O–H groups in total. The number of nitrogens with one attached hydrogen (secondary N) is 2. The van der Waals surface area contributed by atoms with Gasteiger partial charge in [-0.1, -0.05) is 0 Å². The summed E-state index contributed by atoms with van der Waals surface area (Å²) in [6.45, 7) is 9.09. The molecule has 7 nitrogen and oxygen atoms in total. The van der Waals surface area contributed by atoms with Crippen molar-refractivity contribution in [2.45, 2.75) is 52.7 Å². The molecule has 146 valence electrons. The van der Waals surface area contributed by atoms with Gasteiger partial charge in [0.15, 0.2) is 0 Å². The fraction of sp³-hybridized carbons (Fsp3) is 0.500. The lowest BCUT2D eigenvalue weighted by Gasteiger charge is -2.22.